The fourth-order valence-electron chi connectivity index (χ4n) is 4.36. The summed E-state index contributed by atoms with van der Waals surface area (Å²) in [7, 11) is 0. The van der Waals surface area contributed by atoms with Crippen molar-refractivity contribution in [3.8, 4) is 0 Å². The molecular weight excluding hydrogens is 470 g/mol. The fourth-order valence-corrected chi connectivity index (χ4v) is 4.36. The van der Waals surface area contributed by atoms with E-state index in [0.29, 0.717) is 5.92 Å². The Bertz CT molecular complexity index is 1280. The normalized spacial score (nSPS) is 13.5. The van der Waals surface area contributed by atoms with Gasteiger partial charge in [0.25, 0.3) is 0 Å². The second-order valence-corrected chi connectivity index (χ2v) is 11.0. The molecule has 0 unspecified atom stereocenters. The van der Waals surface area contributed by atoms with Gasteiger partial charge in [-0.2, -0.15) is 0 Å². The van der Waals surface area contributed by atoms with Crippen LogP contribution >= 0.6 is 0 Å². The third-order valence-corrected chi connectivity index (χ3v) is 6.27. The van der Waals surface area contributed by atoms with Gasteiger partial charge in [-0.1, -0.05) is 123 Å². The van der Waals surface area contributed by atoms with E-state index in [0.717, 1.165) is 46.2 Å². The van der Waals surface area contributed by atoms with Crippen LogP contribution in [0.4, 0.5) is 0 Å². The highest BCUT2D eigenvalue weighted by Crippen LogP contribution is 2.34. The van der Waals surface area contributed by atoms with E-state index in [1.807, 2.05) is 26.0 Å². The molecule has 1 aromatic carbocycles. The van der Waals surface area contributed by atoms with Gasteiger partial charge in [0.05, 0.1) is 11.2 Å². The highest BCUT2D eigenvalue weighted by Gasteiger charge is 2.19. The molecule has 0 radical (unpaired) electrons. The highest BCUT2D eigenvalue weighted by molar-refractivity contribution is 5.80. The van der Waals surface area contributed by atoms with Crippen LogP contribution in [0.1, 0.15) is 79.5 Å². The molecule has 208 valence electrons. The summed E-state index contributed by atoms with van der Waals surface area (Å²) in [4.78, 5) is 4.84. The van der Waals surface area contributed by atoms with Gasteiger partial charge in [-0.3, -0.25) is 0 Å². The number of benzene rings is 1. The smallest absolute Gasteiger partial charge is 0.0711 e. The SMILES string of the molecule is C=C/C=C(\C(=C/C)CCC(=C)/C(C=C)=C/C(=C\C(C)C)/C=C/c1ccc2ccc(C)cc2n1)C(C)(C)C.CC. The Morgan fingerprint density at radius 1 is 1.03 bits per heavy atom. The average molecular weight is 522 g/mol. The molecule has 0 N–H and O–H groups in total. The first-order chi connectivity index (χ1) is 18.5. The molecular formula is C38H51N. The first-order valence-corrected chi connectivity index (χ1v) is 14.3. The van der Waals surface area contributed by atoms with Crippen molar-refractivity contribution < 1.29 is 0 Å². The van der Waals surface area contributed by atoms with Crippen molar-refractivity contribution in [2.45, 2.75) is 75.2 Å². The minimum Gasteiger partial charge on any atom is -0.248 e. The molecule has 0 spiro atoms. The number of nitrogens with zero attached hydrogens (tertiary/aromatic N) is 1. The number of aromatic nitrogens is 1. The summed E-state index contributed by atoms with van der Waals surface area (Å²) in [5.41, 5.74) is 9.19. The average Bonchev–Trinajstić information content (AvgIpc) is 2.89. The quantitative estimate of drug-likeness (QED) is 0.268. The molecule has 0 aliphatic carbocycles. The maximum absolute atomic E-state index is 4.84. The molecule has 2 aromatic rings. The maximum Gasteiger partial charge on any atom is 0.0711 e. The van der Waals surface area contributed by atoms with Crippen LogP contribution in [0.3, 0.4) is 0 Å². The van der Waals surface area contributed by atoms with Gasteiger partial charge in [-0.15, -0.1) is 0 Å². The van der Waals surface area contributed by atoms with Gasteiger partial charge < -0.3 is 0 Å². The predicted octanol–water partition coefficient (Wildman–Crippen LogP) is 11.7. The Morgan fingerprint density at radius 3 is 2.26 bits per heavy atom. The van der Waals surface area contributed by atoms with E-state index >= 15 is 0 Å². The van der Waals surface area contributed by atoms with Crippen LogP contribution in [0.2, 0.25) is 0 Å². The first kappa shape index (κ1) is 33.6. The molecule has 1 heterocycles. The Kier molecular flexibility index (Phi) is 14.2. The molecule has 0 aliphatic rings. The molecule has 0 atom stereocenters. The van der Waals surface area contributed by atoms with Gasteiger partial charge in [-0.05, 0) is 95.7 Å². The van der Waals surface area contributed by atoms with E-state index in [-0.39, 0.29) is 5.41 Å². The first-order valence-electron chi connectivity index (χ1n) is 14.3. The Balaban J connectivity index is 0.00000371. The fraction of sp³-hybridized carbons (Fsp3) is 0.342. The van der Waals surface area contributed by atoms with Gasteiger partial charge in [-0.25, -0.2) is 4.98 Å². The molecule has 0 amide bonds. The zero-order chi connectivity index (χ0) is 29.6. The van der Waals surface area contributed by atoms with Crippen LogP contribution in [-0.2, 0) is 0 Å². The minimum atomic E-state index is 0.0575. The lowest BCUT2D eigenvalue weighted by Gasteiger charge is -2.26. The van der Waals surface area contributed by atoms with Crippen molar-refractivity contribution in [3.05, 3.63) is 132 Å². The van der Waals surface area contributed by atoms with E-state index in [4.69, 9.17) is 4.98 Å². The van der Waals surface area contributed by atoms with Crippen LogP contribution in [0.15, 0.2) is 120 Å². The van der Waals surface area contributed by atoms with Gasteiger partial charge >= 0.3 is 0 Å². The van der Waals surface area contributed by atoms with E-state index in [2.05, 4.69) is 135 Å². The molecule has 39 heavy (non-hydrogen) atoms. The molecule has 0 bridgehead atoms. The molecule has 1 nitrogen and oxygen atoms in total. The van der Waals surface area contributed by atoms with Crippen molar-refractivity contribution in [3.63, 3.8) is 0 Å². The zero-order valence-corrected chi connectivity index (χ0v) is 26.1. The standard InChI is InChI=1S/C36H45N.C2H6/c1-11-14-34(36(8,9)10)30(12-2)19-16-28(7)31(13-3)25-29(23-26(4)5)17-21-33-22-20-32-18-15-27(6)24-35(32)37-33;1-2/h11-15,17-18,20-26H,1,3,7,16,19H2,2,4-6,8-10H3;1-2H3/b21-17+,29-23-,30-12-,31-25+,34-14+;. The predicted molar refractivity (Wildman–Crippen MR) is 178 cm³/mol. The van der Waals surface area contributed by atoms with Crippen molar-refractivity contribution in [2.24, 2.45) is 11.3 Å². The van der Waals surface area contributed by atoms with Gasteiger partial charge in [0.15, 0.2) is 0 Å². The van der Waals surface area contributed by atoms with Crippen LogP contribution in [0.25, 0.3) is 17.0 Å². The highest BCUT2D eigenvalue weighted by atomic mass is 14.7. The zero-order valence-electron chi connectivity index (χ0n) is 26.1. The summed E-state index contributed by atoms with van der Waals surface area (Å²) in [6.45, 7) is 31.8. The summed E-state index contributed by atoms with van der Waals surface area (Å²) in [5.74, 6) is 0.412. The third kappa shape index (κ3) is 11.1. The monoisotopic (exact) mass is 521 g/mol. The Labute approximate surface area is 239 Å². The van der Waals surface area contributed by atoms with Crippen molar-refractivity contribution in [1.82, 2.24) is 4.98 Å². The maximum atomic E-state index is 4.84. The molecule has 0 saturated heterocycles. The number of hydrogen-bond acceptors (Lipinski definition) is 1. The van der Waals surface area contributed by atoms with Crippen molar-refractivity contribution >= 4 is 17.0 Å². The second-order valence-electron chi connectivity index (χ2n) is 11.0. The van der Waals surface area contributed by atoms with Crippen LogP contribution in [0, 0.1) is 18.3 Å². The van der Waals surface area contributed by atoms with E-state index < -0.39 is 0 Å². The minimum absolute atomic E-state index is 0.0575. The molecule has 0 saturated carbocycles. The van der Waals surface area contributed by atoms with Crippen LogP contribution < -0.4 is 0 Å². The van der Waals surface area contributed by atoms with Crippen molar-refractivity contribution in [1.29, 1.82) is 0 Å². The number of fused-ring (bicyclic) bond motifs is 1. The summed E-state index contributed by atoms with van der Waals surface area (Å²) >= 11 is 0. The second kappa shape index (κ2) is 16.5. The van der Waals surface area contributed by atoms with Gasteiger partial charge in [0.2, 0.25) is 0 Å². The topological polar surface area (TPSA) is 12.9 Å². The lowest BCUT2D eigenvalue weighted by atomic mass is 9.79. The summed E-state index contributed by atoms with van der Waals surface area (Å²) < 4.78 is 0. The van der Waals surface area contributed by atoms with Gasteiger partial charge in [0.1, 0.15) is 0 Å². The Hall–Kier alpha value is -3.45. The third-order valence-electron chi connectivity index (χ3n) is 6.27. The largest absolute Gasteiger partial charge is 0.248 e. The Morgan fingerprint density at radius 2 is 1.69 bits per heavy atom. The van der Waals surface area contributed by atoms with Crippen LogP contribution in [0.5, 0.6) is 0 Å². The lowest BCUT2D eigenvalue weighted by Crippen LogP contribution is -2.12. The van der Waals surface area contributed by atoms with Crippen molar-refractivity contribution in [2.75, 3.05) is 0 Å². The number of allylic oxidation sites excluding steroid dienone is 12. The number of rotatable bonds is 11. The van der Waals surface area contributed by atoms with Crippen LogP contribution in [-0.4, -0.2) is 4.98 Å². The number of pyridine rings is 1. The van der Waals surface area contributed by atoms with E-state index in [1.165, 1.54) is 16.7 Å². The lowest BCUT2D eigenvalue weighted by molar-refractivity contribution is 0.506. The summed E-state index contributed by atoms with van der Waals surface area (Å²) in [6.07, 6.45) is 18.6. The van der Waals surface area contributed by atoms with Gasteiger partial charge in [0, 0.05) is 5.39 Å². The molecule has 0 aliphatic heterocycles. The number of aryl methyl sites for hydroxylation is 1. The van der Waals surface area contributed by atoms with E-state index in [1.54, 1.807) is 0 Å². The molecule has 1 heteroatoms. The summed E-state index contributed by atoms with van der Waals surface area (Å²) in [5, 5.41) is 1.16. The summed E-state index contributed by atoms with van der Waals surface area (Å²) in [6, 6.07) is 10.6. The molecule has 0 fully saturated rings. The molecule has 2 rings (SSSR count). The number of hydrogen-bond donors (Lipinski definition) is 0. The molecule has 1 aromatic heterocycles. The van der Waals surface area contributed by atoms with E-state index in [9.17, 15) is 0 Å².